The van der Waals surface area contributed by atoms with Crippen LogP contribution in [-0.2, 0) is 14.4 Å². The number of nitrogens with zero attached hydrogens (tertiary/aromatic N) is 1. The third-order valence-corrected chi connectivity index (χ3v) is 4.28. The molecule has 1 heterocycles. The van der Waals surface area contributed by atoms with E-state index in [2.05, 4.69) is 0 Å². The van der Waals surface area contributed by atoms with Gasteiger partial charge in [0.15, 0.2) is 5.78 Å². The molecule has 3 rings (SSSR count). The molecule has 0 atom stereocenters. The van der Waals surface area contributed by atoms with E-state index in [4.69, 9.17) is 5.73 Å². The van der Waals surface area contributed by atoms with Crippen LogP contribution in [0.1, 0.15) is 41.6 Å². The average molecular weight is 392 g/mol. The van der Waals surface area contributed by atoms with Gasteiger partial charge >= 0.3 is 0 Å². The third-order valence-electron chi connectivity index (χ3n) is 4.28. The highest BCUT2D eigenvalue weighted by Crippen LogP contribution is 2.09. The molecule has 0 fully saturated rings. The van der Waals surface area contributed by atoms with E-state index in [0.717, 1.165) is 17.5 Å². The molecule has 150 valence electrons. The van der Waals surface area contributed by atoms with E-state index in [9.17, 15) is 19.2 Å². The number of hydrogen-bond acceptors (Lipinski definition) is 4. The Bertz CT molecular complexity index is 817. The summed E-state index contributed by atoms with van der Waals surface area (Å²) < 4.78 is 0. The van der Waals surface area contributed by atoms with Gasteiger partial charge in [0.25, 0.3) is 11.8 Å². The van der Waals surface area contributed by atoms with Crippen molar-refractivity contribution in [2.24, 2.45) is 5.73 Å². The van der Waals surface area contributed by atoms with Crippen LogP contribution < -0.4 is 5.73 Å². The minimum atomic E-state index is -0.315. The molecule has 6 heteroatoms. The van der Waals surface area contributed by atoms with Crippen molar-refractivity contribution in [1.82, 2.24) is 4.90 Å². The molecule has 0 bridgehead atoms. The number of carbonyl (C=O) groups excluding carboxylic acids is 4. The SMILES string of the molecule is NC(=O)CCCCCN1C(=O)C=CC1=O.O=C(c1ccccc1)c1ccccc1. The first-order valence-electron chi connectivity index (χ1n) is 9.45. The van der Waals surface area contributed by atoms with E-state index in [0.29, 0.717) is 25.8 Å². The number of imide groups is 1. The van der Waals surface area contributed by atoms with Crippen molar-refractivity contribution < 1.29 is 19.2 Å². The lowest BCUT2D eigenvalue weighted by atomic mass is 10.0. The Kier molecular flexibility index (Phi) is 8.51. The van der Waals surface area contributed by atoms with Gasteiger partial charge in [-0.3, -0.25) is 24.1 Å². The maximum Gasteiger partial charge on any atom is 0.253 e. The number of primary amides is 1. The van der Waals surface area contributed by atoms with Gasteiger partial charge in [-0.05, 0) is 12.8 Å². The van der Waals surface area contributed by atoms with Crippen LogP contribution in [0.15, 0.2) is 72.8 Å². The second kappa shape index (κ2) is 11.3. The van der Waals surface area contributed by atoms with Crippen LogP contribution in [0.3, 0.4) is 0 Å². The van der Waals surface area contributed by atoms with Crippen molar-refractivity contribution in [1.29, 1.82) is 0 Å². The number of ketones is 1. The van der Waals surface area contributed by atoms with Gasteiger partial charge in [-0.1, -0.05) is 67.1 Å². The zero-order chi connectivity index (χ0) is 21.1. The van der Waals surface area contributed by atoms with Crippen LogP contribution in [0.5, 0.6) is 0 Å². The van der Waals surface area contributed by atoms with Crippen LogP contribution >= 0.6 is 0 Å². The number of benzene rings is 2. The summed E-state index contributed by atoms with van der Waals surface area (Å²) in [4.78, 5) is 45.7. The van der Waals surface area contributed by atoms with Gasteiger partial charge in [-0.25, -0.2) is 0 Å². The number of unbranched alkanes of at least 4 members (excludes halogenated alkanes) is 2. The van der Waals surface area contributed by atoms with E-state index in [1.807, 2.05) is 60.7 Å². The molecule has 0 spiro atoms. The summed E-state index contributed by atoms with van der Waals surface area (Å²) in [6.45, 7) is 0.420. The first-order valence-corrected chi connectivity index (χ1v) is 9.45. The molecule has 0 radical (unpaired) electrons. The lowest BCUT2D eigenvalue weighted by molar-refractivity contribution is -0.136. The van der Waals surface area contributed by atoms with Crippen molar-refractivity contribution in [3.63, 3.8) is 0 Å². The molecule has 1 aliphatic rings. The lowest BCUT2D eigenvalue weighted by Crippen LogP contribution is -2.30. The maximum atomic E-state index is 11.8. The predicted molar refractivity (Wildman–Crippen MR) is 110 cm³/mol. The summed E-state index contributed by atoms with van der Waals surface area (Å²) >= 11 is 0. The molecule has 0 saturated heterocycles. The van der Waals surface area contributed by atoms with Crippen molar-refractivity contribution in [2.45, 2.75) is 25.7 Å². The second-order valence-corrected chi connectivity index (χ2v) is 6.50. The van der Waals surface area contributed by atoms with Crippen molar-refractivity contribution in [2.75, 3.05) is 6.54 Å². The van der Waals surface area contributed by atoms with Gasteiger partial charge in [-0.15, -0.1) is 0 Å². The molecular weight excluding hydrogens is 368 g/mol. The minimum Gasteiger partial charge on any atom is -0.370 e. The molecule has 29 heavy (non-hydrogen) atoms. The summed E-state index contributed by atoms with van der Waals surface area (Å²) in [6, 6.07) is 18.6. The highest BCUT2D eigenvalue weighted by Gasteiger charge is 2.22. The van der Waals surface area contributed by atoms with Crippen LogP contribution in [0.25, 0.3) is 0 Å². The summed E-state index contributed by atoms with van der Waals surface area (Å²) in [5.74, 6) is -0.749. The molecule has 2 N–H and O–H groups in total. The highest BCUT2D eigenvalue weighted by molar-refractivity contribution is 6.12. The van der Waals surface area contributed by atoms with Crippen molar-refractivity contribution in [3.05, 3.63) is 83.9 Å². The van der Waals surface area contributed by atoms with Gasteiger partial charge < -0.3 is 5.73 Å². The Morgan fingerprint density at radius 3 is 1.66 bits per heavy atom. The topological polar surface area (TPSA) is 97.5 Å². The molecule has 2 aromatic rings. The fourth-order valence-corrected chi connectivity index (χ4v) is 2.74. The summed E-state index contributed by atoms with van der Waals surface area (Å²) in [7, 11) is 0. The molecule has 6 nitrogen and oxygen atoms in total. The fourth-order valence-electron chi connectivity index (χ4n) is 2.74. The number of nitrogens with two attached hydrogens (primary N) is 1. The first kappa shape index (κ1) is 21.8. The largest absolute Gasteiger partial charge is 0.370 e. The quantitative estimate of drug-likeness (QED) is 0.424. The Balaban J connectivity index is 0.000000207. The van der Waals surface area contributed by atoms with Crippen molar-refractivity contribution in [3.8, 4) is 0 Å². The van der Waals surface area contributed by atoms with Gasteiger partial charge in [-0.2, -0.15) is 0 Å². The number of rotatable bonds is 8. The van der Waals surface area contributed by atoms with E-state index >= 15 is 0 Å². The third kappa shape index (κ3) is 7.18. The fraction of sp³-hybridized carbons (Fsp3) is 0.217. The lowest BCUT2D eigenvalue weighted by Gasteiger charge is -2.12. The smallest absolute Gasteiger partial charge is 0.253 e. The van der Waals surface area contributed by atoms with Crippen LogP contribution in [0.4, 0.5) is 0 Å². The molecule has 2 aromatic carbocycles. The molecular formula is C23H24N2O4. The monoisotopic (exact) mass is 392 g/mol. The highest BCUT2D eigenvalue weighted by atomic mass is 16.2. The van der Waals surface area contributed by atoms with Gasteiger partial charge in [0.2, 0.25) is 5.91 Å². The Hall–Kier alpha value is -3.54. The summed E-state index contributed by atoms with van der Waals surface area (Å²) in [5.41, 5.74) is 6.44. The standard InChI is InChI=1S/C13H10O.C10H14N2O3/c14-13(11-7-3-1-4-8-11)12-9-5-2-6-10-12;11-8(13)4-2-1-3-7-12-9(14)5-6-10(12)15/h1-10H;5-6H,1-4,7H2,(H2,11,13). The van der Waals surface area contributed by atoms with Crippen molar-refractivity contribution >= 4 is 23.5 Å². The molecule has 0 saturated carbocycles. The summed E-state index contributed by atoms with van der Waals surface area (Å²) in [5, 5.41) is 0. The number of amides is 3. The van der Waals surface area contributed by atoms with Crippen LogP contribution in [0, 0.1) is 0 Å². The van der Waals surface area contributed by atoms with Crippen LogP contribution in [0.2, 0.25) is 0 Å². The first-order chi connectivity index (χ1) is 14.0. The van der Waals surface area contributed by atoms with E-state index < -0.39 is 0 Å². The number of carbonyl (C=O) groups is 4. The zero-order valence-electron chi connectivity index (χ0n) is 16.1. The van der Waals surface area contributed by atoms with Gasteiger partial charge in [0.1, 0.15) is 0 Å². The van der Waals surface area contributed by atoms with Gasteiger partial charge in [0.05, 0.1) is 0 Å². The Morgan fingerprint density at radius 2 is 1.21 bits per heavy atom. The zero-order valence-corrected chi connectivity index (χ0v) is 16.1. The Labute approximate surface area is 170 Å². The molecule has 0 aliphatic carbocycles. The molecule has 0 unspecified atom stereocenters. The molecule has 0 aromatic heterocycles. The molecule has 1 aliphatic heterocycles. The Morgan fingerprint density at radius 1 is 0.724 bits per heavy atom. The van der Waals surface area contributed by atoms with Gasteiger partial charge in [0, 0.05) is 36.2 Å². The molecule has 3 amide bonds. The van der Waals surface area contributed by atoms with Crippen LogP contribution in [-0.4, -0.2) is 34.9 Å². The second-order valence-electron chi connectivity index (χ2n) is 6.50. The summed E-state index contributed by atoms with van der Waals surface area (Å²) in [6.07, 6.45) is 5.11. The average Bonchev–Trinajstić information content (AvgIpc) is 3.06. The van der Waals surface area contributed by atoms with E-state index in [1.54, 1.807) is 0 Å². The normalized spacial score (nSPS) is 12.5. The van der Waals surface area contributed by atoms with E-state index in [1.165, 1.54) is 17.1 Å². The minimum absolute atomic E-state index is 0.0752. The number of hydrogen-bond donors (Lipinski definition) is 1. The predicted octanol–water partition coefficient (Wildman–Crippen LogP) is 2.87. The maximum absolute atomic E-state index is 11.8. The van der Waals surface area contributed by atoms with E-state index in [-0.39, 0.29) is 23.5 Å².